The SMILES string of the molecule is Cc1ccc2ccc3c(-c4ccc5c(-c6ccccc6)c6ccccc6c(-c6ccccc6)c5c4)cc(C)nc3c2n1. The van der Waals surface area contributed by atoms with E-state index < -0.39 is 0 Å². The van der Waals surface area contributed by atoms with Gasteiger partial charge in [-0.25, -0.2) is 0 Å². The molecule has 0 bridgehead atoms. The van der Waals surface area contributed by atoms with Gasteiger partial charge in [0.25, 0.3) is 0 Å². The highest BCUT2D eigenvalue weighted by molar-refractivity contribution is 6.22. The standard InChI is InChI=1S/C40H28N2/c1-25-17-18-29-19-22-34-35(23-26(2)42-40(34)39(29)41-25)30-20-21-33-36(24-30)38(28-13-7-4-8-14-28)32-16-10-9-15-31(32)37(33)27-11-5-3-6-12-27/h3-24H,1-2H3. The zero-order valence-corrected chi connectivity index (χ0v) is 23.6. The van der Waals surface area contributed by atoms with Crippen molar-refractivity contribution in [2.75, 3.05) is 0 Å². The second-order valence-electron chi connectivity index (χ2n) is 11.1. The molecule has 0 N–H and O–H groups in total. The maximum absolute atomic E-state index is 4.99. The van der Waals surface area contributed by atoms with Gasteiger partial charge in [0.1, 0.15) is 0 Å². The maximum atomic E-state index is 4.99. The van der Waals surface area contributed by atoms with Crippen molar-refractivity contribution in [1.29, 1.82) is 0 Å². The first kappa shape index (κ1) is 24.5. The average molecular weight is 537 g/mol. The van der Waals surface area contributed by atoms with E-state index in [1.54, 1.807) is 0 Å². The molecule has 0 radical (unpaired) electrons. The minimum Gasteiger partial charge on any atom is -0.251 e. The molecule has 0 saturated heterocycles. The van der Waals surface area contributed by atoms with E-state index in [9.17, 15) is 0 Å². The Morgan fingerprint density at radius 3 is 1.62 bits per heavy atom. The number of fused-ring (bicyclic) bond motifs is 5. The van der Waals surface area contributed by atoms with Crippen LogP contribution in [-0.2, 0) is 0 Å². The van der Waals surface area contributed by atoms with Crippen LogP contribution in [0.2, 0.25) is 0 Å². The van der Waals surface area contributed by atoms with Gasteiger partial charge in [0.05, 0.1) is 11.0 Å². The van der Waals surface area contributed by atoms with Crippen molar-refractivity contribution in [3.8, 4) is 33.4 Å². The molecule has 2 nitrogen and oxygen atoms in total. The van der Waals surface area contributed by atoms with Gasteiger partial charge in [0, 0.05) is 22.2 Å². The van der Waals surface area contributed by atoms with Crippen molar-refractivity contribution in [2.45, 2.75) is 13.8 Å². The number of hydrogen-bond acceptors (Lipinski definition) is 2. The average Bonchev–Trinajstić information content (AvgIpc) is 3.03. The molecule has 2 heteroatoms. The molecule has 0 aliphatic heterocycles. The quantitative estimate of drug-likeness (QED) is 0.166. The number of hydrogen-bond donors (Lipinski definition) is 0. The van der Waals surface area contributed by atoms with E-state index in [0.29, 0.717) is 0 Å². The van der Waals surface area contributed by atoms with Gasteiger partial charge in [-0.15, -0.1) is 0 Å². The third-order valence-electron chi connectivity index (χ3n) is 8.37. The summed E-state index contributed by atoms with van der Waals surface area (Å²) in [5, 5.41) is 7.25. The minimum absolute atomic E-state index is 0.957. The van der Waals surface area contributed by atoms with Crippen molar-refractivity contribution in [3.63, 3.8) is 0 Å². The number of nitrogens with zero attached hydrogens (tertiary/aromatic N) is 2. The van der Waals surface area contributed by atoms with Crippen LogP contribution in [0.15, 0.2) is 133 Å². The molecule has 0 aliphatic rings. The van der Waals surface area contributed by atoms with Gasteiger partial charge in [-0.2, -0.15) is 0 Å². The second kappa shape index (κ2) is 9.64. The molecular formula is C40H28N2. The smallest absolute Gasteiger partial charge is 0.0974 e. The van der Waals surface area contributed by atoms with Crippen LogP contribution in [0.3, 0.4) is 0 Å². The van der Waals surface area contributed by atoms with E-state index in [4.69, 9.17) is 9.97 Å². The molecule has 0 spiro atoms. The van der Waals surface area contributed by atoms with Crippen LogP contribution in [0, 0.1) is 13.8 Å². The fourth-order valence-electron chi connectivity index (χ4n) is 6.51. The first-order valence-corrected chi connectivity index (χ1v) is 14.4. The van der Waals surface area contributed by atoms with E-state index in [2.05, 4.69) is 140 Å². The number of aromatic nitrogens is 2. The molecule has 2 aromatic heterocycles. The van der Waals surface area contributed by atoms with E-state index >= 15 is 0 Å². The van der Waals surface area contributed by atoms with Crippen LogP contribution < -0.4 is 0 Å². The Bertz CT molecular complexity index is 2300. The van der Waals surface area contributed by atoms with Crippen LogP contribution >= 0.6 is 0 Å². The second-order valence-corrected chi connectivity index (χ2v) is 11.1. The molecule has 6 aromatic carbocycles. The number of pyridine rings is 2. The van der Waals surface area contributed by atoms with Gasteiger partial charge in [-0.3, -0.25) is 9.97 Å². The monoisotopic (exact) mass is 536 g/mol. The Morgan fingerprint density at radius 1 is 0.381 bits per heavy atom. The predicted molar refractivity (Wildman–Crippen MR) is 178 cm³/mol. The summed E-state index contributed by atoms with van der Waals surface area (Å²) in [6.45, 7) is 4.12. The highest BCUT2D eigenvalue weighted by Gasteiger charge is 2.18. The zero-order chi connectivity index (χ0) is 28.2. The fourth-order valence-corrected chi connectivity index (χ4v) is 6.51. The van der Waals surface area contributed by atoms with Crippen LogP contribution in [0.1, 0.15) is 11.4 Å². The van der Waals surface area contributed by atoms with Gasteiger partial charge in [-0.1, -0.05) is 115 Å². The Morgan fingerprint density at radius 2 is 0.929 bits per heavy atom. The van der Waals surface area contributed by atoms with Gasteiger partial charge in [0.2, 0.25) is 0 Å². The molecule has 2 heterocycles. The molecule has 0 unspecified atom stereocenters. The molecule has 8 rings (SSSR count). The molecule has 0 aliphatic carbocycles. The van der Waals surface area contributed by atoms with E-state index in [0.717, 1.165) is 33.2 Å². The molecule has 0 amide bonds. The Kier molecular flexibility index (Phi) is 5.61. The molecule has 0 atom stereocenters. The minimum atomic E-state index is 0.957. The topological polar surface area (TPSA) is 25.8 Å². The number of aryl methyl sites for hydroxylation is 2. The van der Waals surface area contributed by atoms with E-state index in [1.165, 1.54) is 54.9 Å². The van der Waals surface area contributed by atoms with Crippen molar-refractivity contribution < 1.29 is 0 Å². The van der Waals surface area contributed by atoms with Crippen LogP contribution in [0.4, 0.5) is 0 Å². The lowest BCUT2D eigenvalue weighted by atomic mass is 9.84. The maximum Gasteiger partial charge on any atom is 0.0974 e. The Balaban J connectivity index is 1.50. The van der Waals surface area contributed by atoms with Gasteiger partial charge >= 0.3 is 0 Å². The number of benzene rings is 6. The highest BCUT2D eigenvalue weighted by atomic mass is 14.8. The predicted octanol–water partition coefficient (Wildman–Crippen LogP) is 10.7. The molecule has 198 valence electrons. The van der Waals surface area contributed by atoms with Gasteiger partial charge in [0.15, 0.2) is 0 Å². The summed E-state index contributed by atoms with van der Waals surface area (Å²) in [7, 11) is 0. The van der Waals surface area contributed by atoms with Crippen LogP contribution in [0.5, 0.6) is 0 Å². The van der Waals surface area contributed by atoms with E-state index in [-0.39, 0.29) is 0 Å². The molecule has 0 saturated carbocycles. The summed E-state index contributed by atoms with van der Waals surface area (Å²) >= 11 is 0. The first-order valence-electron chi connectivity index (χ1n) is 14.4. The van der Waals surface area contributed by atoms with Crippen LogP contribution in [-0.4, -0.2) is 9.97 Å². The summed E-state index contributed by atoms with van der Waals surface area (Å²) < 4.78 is 0. The third kappa shape index (κ3) is 3.88. The summed E-state index contributed by atoms with van der Waals surface area (Å²) in [5.41, 5.74) is 11.2. The van der Waals surface area contributed by atoms with Crippen molar-refractivity contribution in [3.05, 3.63) is 145 Å². The molecule has 8 aromatic rings. The Hall–Kier alpha value is -5.34. The summed E-state index contributed by atoms with van der Waals surface area (Å²) in [6.07, 6.45) is 0. The lowest BCUT2D eigenvalue weighted by Gasteiger charge is -2.19. The summed E-state index contributed by atoms with van der Waals surface area (Å²) in [5.74, 6) is 0. The van der Waals surface area contributed by atoms with Crippen molar-refractivity contribution in [1.82, 2.24) is 9.97 Å². The van der Waals surface area contributed by atoms with Crippen molar-refractivity contribution in [2.24, 2.45) is 0 Å². The highest BCUT2D eigenvalue weighted by Crippen LogP contribution is 2.45. The zero-order valence-electron chi connectivity index (χ0n) is 23.6. The first-order chi connectivity index (χ1) is 20.7. The largest absolute Gasteiger partial charge is 0.251 e. The normalized spacial score (nSPS) is 11.6. The lowest BCUT2D eigenvalue weighted by Crippen LogP contribution is -1.94. The Labute approximate surface area is 244 Å². The van der Waals surface area contributed by atoms with Crippen LogP contribution in [0.25, 0.3) is 76.7 Å². The van der Waals surface area contributed by atoms with Gasteiger partial charge in [-0.05, 0) is 87.0 Å². The van der Waals surface area contributed by atoms with E-state index in [1.807, 2.05) is 6.92 Å². The molecule has 0 fully saturated rings. The summed E-state index contributed by atoms with van der Waals surface area (Å²) in [6, 6.07) is 48.2. The number of rotatable bonds is 3. The van der Waals surface area contributed by atoms with Gasteiger partial charge < -0.3 is 0 Å². The van der Waals surface area contributed by atoms with Crippen molar-refractivity contribution >= 4 is 43.4 Å². The lowest BCUT2D eigenvalue weighted by molar-refractivity contribution is 1.23. The fraction of sp³-hybridized carbons (Fsp3) is 0.0500. The molecular weight excluding hydrogens is 508 g/mol. The third-order valence-corrected chi connectivity index (χ3v) is 8.37. The summed E-state index contributed by atoms with van der Waals surface area (Å²) in [4.78, 5) is 9.89. The molecule has 42 heavy (non-hydrogen) atoms.